The van der Waals surface area contributed by atoms with E-state index < -0.39 is 0 Å². The van der Waals surface area contributed by atoms with Crippen LogP contribution in [0.25, 0.3) is 6.08 Å². The molecule has 3 nitrogen and oxygen atoms in total. The van der Waals surface area contributed by atoms with Crippen LogP contribution in [-0.2, 0) is 6.42 Å². The fraction of sp³-hybridized carbons (Fsp3) is 0.500. The maximum atomic E-state index is 4.93. The molecule has 0 aliphatic heterocycles. The molecule has 0 fully saturated rings. The van der Waals surface area contributed by atoms with Crippen molar-refractivity contribution in [3.8, 4) is 0 Å². The summed E-state index contributed by atoms with van der Waals surface area (Å²) in [6.45, 7) is 7.76. The van der Waals surface area contributed by atoms with Gasteiger partial charge in [-0.3, -0.25) is 0 Å². The first kappa shape index (κ1) is 7.98. The Bertz CT molecular complexity index is 240. The Balaban J connectivity index is 2.65. The minimum atomic E-state index is 0.549. The summed E-state index contributed by atoms with van der Waals surface area (Å²) in [5, 5.41) is 3.68. The highest BCUT2D eigenvalue weighted by Gasteiger charge is 2.04. The number of rotatable bonds is 3. The van der Waals surface area contributed by atoms with Gasteiger partial charge in [0.1, 0.15) is 0 Å². The molecule has 3 heteroatoms. The van der Waals surface area contributed by atoms with E-state index in [9.17, 15) is 0 Å². The van der Waals surface area contributed by atoms with E-state index in [1.165, 1.54) is 0 Å². The van der Waals surface area contributed by atoms with Crippen molar-refractivity contribution in [2.75, 3.05) is 0 Å². The Morgan fingerprint density at radius 1 is 1.64 bits per heavy atom. The Labute approximate surface area is 66.1 Å². The molecule has 1 aromatic rings. The Kier molecular flexibility index (Phi) is 2.41. The van der Waals surface area contributed by atoms with E-state index in [2.05, 4.69) is 30.6 Å². The first-order valence-corrected chi connectivity index (χ1v) is 3.67. The fourth-order valence-corrected chi connectivity index (χ4v) is 0.783. The predicted octanol–water partition coefficient (Wildman–Crippen LogP) is 1.91. The third-order valence-corrected chi connectivity index (χ3v) is 1.25. The van der Waals surface area contributed by atoms with Crippen molar-refractivity contribution in [3.63, 3.8) is 0 Å². The SMILES string of the molecule is C=Cc1noc(CC(C)C)n1. The molecule has 60 valence electrons. The first-order valence-electron chi connectivity index (χ1n) is 3.67. The van der Waals surface area contributed by atoms with Crippen molar-refractivity contribution in [2.24, 2.45) is 5.92 Å². The van der Waals surface area contributed by atoms with Crippen molar-refractivity contribution in [1.82, 2.24) is 10.1 Å². The van der Waals surface area contributed by atoms with Crippen LogP contribution in [0.15, 0.2) is 11.1 Å². The summed E-state index contributed by atoms with van der Waals surface area (Å²) in [6, 6.07) is 0. The summed E-state index contributed by atoms with van der Waals surface area (Å²) in [5.41, 5.74) is 0. The second-order valence-corrected chi connectivity index (χ2v) is 2.85. The van der Waals surface area contributed by atoms with E-state index in [-0.39, 0.29) is 0 Å². The van der Waals surface area contributed by atoms with E-state index in [0.29, 0.717) is 17.6 Å². The van der Waals surface area contributed by atoms with Gasteiger partial charge >= 0.3 is 0 Å². The molecule has 0 amide bonds. The molecule has 0 atom stereocenters. The van der Waals surface area contributed by atoms with E-state index >= 15 is 0 Å². The van der Waals surface area contributed by atoms with Crippen LogP contribution in [0.4, 0.5) is 0 Å². The van der Waals surface area contributed by atoms with Crippen LogP contribution in [0.5, 0.6) is 0 Å². The molecule has 1 heterocycles. The van der Waals surface area contributed by atoms with Crippen molar-refractivity contribution in [2.45, 2.75) is 20.3 Å². The van der Waals surface area contributed by atoms with Gasteiger partial charge in [0.15, 0.2) is 5.82 Å². The standard InChI is InChI=1S/C8H12N2O/c1-4-7-9-8(11-10-7)5-6(2)3/h4,6H,1,5H2,2-3H3. The summed E-state index contributed by atoms with van der Waals surface area (Å²) in [5.74, 6) is 1.81. The zero-order chi connectivity index (χ0) is 8.27. The summed E-state index contributed by atoms with van der Waals surface area (Å²) in [7, 11) is 0. The van der Waals surface area contributed by atoms with Gasteiger partial charge in [0.25, 0.3) is 0 Å². The summed E-state index contributed by atoms with van der Waals surface area (Å²) >= 11 is 0. The molecule has 0 N–H and O–H groups in total. The monoisotopic (exact) mass is 152 g/mol. The van der Waals surface area contributed by atoms with Gasteiger partial charge in [-0.05, 0) is 12.0 Å². The zero-order valence-electron chi connectivity index (χ0n) is 6.87. The third-order valence-electron chi connectivity index (χ3n) is 1.25. The second kappa shape index (κ2) is 3.32. The molecule has 0 bridgehead atoms. The van der Waals surface area contributed by atoms with Gasteiger partial charge in [-0.15, -0.1) is 0 Å². The summed E-state index contributed by atoms with van der Waals surface area (Å²) in [4.78, 5) is 4.07. The lowest BCUT2D eigenvalue weighted by Gasteiger charge is -1.95. The second-order valence-electron chi connectivity index (χ2n) is 2.85. The van der Waals surface area contributed by atoms with Gasteiger partial charge in [-0.1, -0.05) is 25.6 Å². The largest absolute Gasteiger partial charge is 0.339 e. The van der Waals surface area contributed by atoms with Crippen LogP contribution in [-0.4, -0.2) is 10.1 Å². The average molecular weight is 152 g/mol. The smallest absolute Gasteiger partial charge is 0.227 e. The molecule has 0 aliphatic rings. The number of aromatic nitrogens is 2. The minimum absolute atomic E-state index is 0.549. The minimum Gasteiger partial charge on any atom is -0.339 e. The molecular formula is C8H12N2O. The van der Waals surface area contributed by atoms with Gasteiger partial charge in [-0.25, -0.2) is 0 Å². The molecule has 1 aromatic heterocycles. The molecule has 1 rings (SSSR count). The zero-order valence-corrected chi connectivity index (χ0v) is 6.87. The third kappa shape index (κ3) is 2.18. The molecule has 0 unspecified atom stereocenters. The van der Waals surface area contributed by atoms with Crippen LogP contribution in [0, 0.1) is 5.92 Å². The van der Waals surface area contributed by atoms with Crippen LogP contribution >= 0.6 is 0 Å². The highest BCUT2D eigenvalue weighted by molar-refractivity contribution is 5.34. The lowest BCUT2D eigenvalue weighted by atomic mass is 10.1. The molecule has 0 saturated heterocycles. The van der Waals surface area contributed by atoms with Crippen LogP contribution in [0.2, 0.25) is 0 Å². The van der Waals surface area contributed by atoms with E-state index in [4.69, 9.17) is 4.52 Å². The Morgan fingerprint density at radius 2 is 2.36 bits per heavy atom. The maximum Gasteiger partial charge on any atom is 0.227 e. The molecule has 0 saturated carbocycles. The first-order chi connectivity index (χ1) is 5.22. The molecule has 11 heavy (non-hydrogen) atoms. The molecule has 0 spiro atoms. The number of hydrogen-bond acceptors (Lipinski definition) is 3. The van der Waals surface area contributed by atoms with Gasteiger partial charge in [0, 0.05) is 6.42 Å². The predicted molar refractivity (Wildman–Crippen MR) is 42.9 cm³/mol. The maximum absolute atomic E-state index is 4.93. The lowest BCUT2D eigenvalue weighted by molar-refractivity contribution is 0.361. The van der Waals surface area contributed by atoms with E-state index in [1.54, 1.807) is 6.08 Å². The molecule has 0 radical (unpaired) electrons. The Hall–Kier alpha value is -1.12. The van der Waals surface area contributed by atoms with Crippen molar-refractivity contribution in [1.29, 1.82) is 0 Å². The topological polar surface area (TPSA) is 38.9 Å². The van der Waals surface area contributed by atoms with Crippen molar-refractivity contribution in [3.05, 3.63) is 18.3 Å². The van der Waals surface area contributed by atoms with Gasteiger partial charge in [0.2, 0.25) is 5.89 Å². The average Bonchev–Trinajstić information content (AvgIpc) is 2.34. The molecular weight excluding hydrogens is 140 g/mol. The van der Waals surface area contributed by atoms with Gasteiger partial charge in [-0.2, -0.15) is 4.98 Å². The normalized spacial score (nSPS) is 10.5. The van der Waals surface area contributed by atoms with Gasteiger partial charge in [0.05, 0.1) is 0 Å². The van der Waals surface area contributed by atoms with Gasteiger partial charge < -0.3 is 4.52 Å². The highest BCUT2D eigenvalue weighted by atomic mass is 16.5. The fourth-order valence-electron chi connectivity index (χ4n) is 0.783. The van der Waals surface area contributed by atoms with E-state index in [0.717, 1.165) is 6.42 Å². The van der Waals surface area contributed by atoms with E-state index in [1.807, 2.05) is 0 Å². The molecule has 0 aromatic carbocycles. The Morgan fingerprint density at radius 3 is 2.82 bits per heavy atom. The lowest BCUT2D eigenvalue weighted by Crippen LogP contribution is -1.93. The summed E-state index contributed by atoms with van der Waals surface area (Å²) in [6.07, 6.45) is 2.41. The summed E-state index contributed by atoms with van der Waals surface area (Å²) < 4.78 is 4.93. The van der Waals surface area contributed by atoms with Crippen molar-refractivity contribution >= 4 is 6.08 Å². The number of hydrogen-bond donors (Lipinski definition) is 0. The van der Waals surface area contributed by atoms with Crippen molar-refractivity contribution < 1.29 is 4.52 Å². The molecule has 0 aliphatic carbocycles. The van der Waals surface area contributed by atoms with Crippen LogP contribution in [0.3, 0.4) is 0 Å². The quantitative estimate of drug-likeness (QED) is 0.664. The number of nitrogens with zero attached hydrogens (tertiary/aromatic N) is 2. The highest BCUT2D eigenvalue weighted by Crippen LogP contribution is 2.05. The van der Waals surface area contributed by atoms with Crippen LogP contribution < -0.4 is 0 Å². The van der Waals surface area contributed by atoms with Crippen LogP contribution in [0.1, 0.15) is 25.6 Å².